The van der Waals surface area contributed by atoms with E-state index in [9.17, 15) is 4.79 Å². The van der Waals surface area contributed by atoms with Crippen LogP contribution in [0.15, 0.2) is 18.2 Å². The second kappa shape index (κ2) is 4.03. The van der Waals surface area contributed by atoms with Crippen LogP contribution in [0.5, 0.6) is 5.75 Å². The van der Waals surface area contributed by atoms with Crippen molar-refractivity contribution >= 4 is 5.78 Å². The van der Waals surface area contributed by atoms with E-state index in [1.54, 1.807) is 7.11 Å². The first-order chi connectivity index (χ1) is 7.20. The zero-order chi connectivity index (χ0) is 10.8. The molecule has 1 aliphatic rings. The maximum absolute atomic E-state index is 11.8. The second-order valence-electron chi connectivity index (χ2n) is 3.82. The van der Waals surface area contributed by atoms with Gasteiger partial charge in [-0.1, -0.05) is 11.6 Å². The summed E-state index contributed by atoms with van der Waals surface area (Å²) in [6.45, 7) is 2.42. The van der Waals surface area contributed by atoms with Gasteiger partial charge in [0.2, 0.25) is 0 Å². The molecule has 0 radical (unpaired) electrons. The molecule has 1 aromatic carbocycles. The lowest BCUT2D eigenvalue weighted by molar-refractivity contribution is 0.0570. The zero-order valence-corrected chi connectivity index (χ0v) is 8.95. The third-order valence-electron chi connectivity index (χ3n) is 2.49. The van der Waals surface area contributed by atoms with Crippen molar-refractivity contribution in [2.45, 2.75) is 19.4 Å². The Morgan fingerprint density at radius 1 is 1.53 bits per heavy atom. The highest BCUT2D eigenvalue weighted by molar-refractivity contribution is 6.00. The van der Waals surface area contributed by atoms with Gasteiger partial charge in [0.15, 0.2) is 5.78 Å². The number of Topliss-reactive ketones (excluding diaryl/α,β-unsaturated/α-hetero) is 1. The summed E-state index contributed by atoms with van der Waals surface area (Å²) in [5.41, 5.74) is 1.78. The van der Waals surface area contributed by atoms with Crippen LogP contribution in [0.25, 0.3) is 0 Å². The van der Waals surface area contributed by atoms with Gasteiger partial charge in [0, 0.05) is 7.11 Å². The molecule has 80 valence electrons. The lowest BCUT2D eigenvalue weighted by Gasteiger charge is -2.24. The molecule has 0 amide bonds. The minimum absolute atomic E-state index is 0.141. The van der Waals surface area contributed by atoms with E-state index in [-0.39, 0.29) is 11.9 Å². The van der Waals surface area contributed by atoms with E-state index in [1.807, 2.05) is 25.1 Å². The highest BCUT2D eigenvalue weighted by Gasteiger charge is 2.26. The minimum Gasteiger partial charge on any atom is -0.487 e. The summed E-state index contributed by atoms with van der Waals surface area (Å²) in [4.78, 5) is 11.8. The predicted octanol–water partition coefficient (Wildman–Crippen LogP) is 1.98. The van der Waals surface area contributed by atoms with Gasteiger partial charge in [0.1, 0.15) is 11.9 Å². The predicted molar refractivity (Wildman–Crippen MR) is 56.4 cm³/mol. The van der Waals surface area contributed by atoms with Crippen LogP contribution in [0.4, 0.5) is 0 Å². The van der Waals surface area contributed by atoms with Gasteiger partial charge < -0.3 is 9.47 Å². The van der Waals surface area contributed by atoms with Crippen LogP contribution >= 0.6 is 0 Å². The minimum atomic E-state index is -0.141. The topological polar surface area (TPSA) is 35.5 Å². The molecule has 1 aromatic rings. The molecule has 3 heteroatoms. The molecule has 15 heavy (non-hydrogen) atoms. The number of methoxy groups -OCH3 is 1. The van der Waals surface area contributed by atoms with Gasteiger partial charge in [-0.3, -0.25) is 4.79 Å². The first-order valence-electron chi connectivity index (χ1n) is 5.00. The van der Waals surface area contributed by atoms with Crippen molar-refractivity contribution in [3.63, 3.8) is 0 Å². The molecule has 0 bridgehead atoms. The summed E-state index contributed by atoms with van der Waals surface area (Å²) < 4.78 is 10.6. The van der Waals surface area contributed by atoms with E-state index < -0.39 is 0 Å². The van der Waals surface area contributed by atoms with Crippen molar-refractivity contribution in [3.8, 4) is 5.75 Å². The van der Waals surface area contributed by atoms with Crippen LogP contribution in [0.2, 0.25) is 0 Å². The molecule has 1 heterocycles. The van der Waals surface area contributed by atoms with Gasteiger partial charge in [0.25, 0.3) is 0 Å². The molecule has 0 saturated carbocycles. The molecule has 1 aliphatic heterocycles. The van der Waals surface area contributed by atoms with E-state index in [2.05, 4.69) is 0 Å². The molecule has 0 aromatic heterocycles. The molecule has 2 rings (SSSR count). The number of carbonyl (C=O) groups excluding carboxylic acids is 1. The van der Waals surface area contributed by atoms with Crippen molar-refractivity contribution in [3.05, 3.63) is 29.3 Å². The lowest BCUT2D eigenvalue weighted by Crippen LogP contribution is -2.30. The van der Waals surface area contributed by atoms with Gasteiger partial charge in [-0.2, -0.15) is 0 Å². The molecule has 0 aliphatic carbocycles. The van der Waals surface area contributed by atoms with E-state index in [0.29, 0.717) is 24.3 Å². The second-order valence-corrected chi connectivity index (χ2v) is 3.82. The molecule has 1 atom stereocenters. The summed E-state index contributed by atoms with van der Waals surface area (Å²) in [5.74, 6) is 0.820. The number of rotatable bonds is 2. The standard InChI is InChI=1S/C12H14O3/c1-8-3-4-12-10(5-8)11(13)6-9(15-12)7-14-2/h3-5,9H,6-7H2,1-2H3. The van der Waals surface area contributed by atoms with Crippen LogP contribution < -0.4 is 4.74 Å². The third-order valence-corrected chi connectivity index (χ3v) is 2.49. The van der Waals surface area contributed by atoms with Gasteiger partial charge in [0.05, 0.1) is 18.6 Å². The summed E-state index contributed by atoms with van der Waals surface area (Å²) in [5, 5.41) is 0. The number of benzene rings is 1. The summed E-state index contributed by atoms with van der Waals surface area (Å²) in [6.07, 6.45) is 0.266. The summed E-state index contributed by atoms with van der Waals surface area (Å²) >= 11 is 0. The number of fused-ring (bicyclic) bond motifs is 1. The Balaban J connectivity index is 2.28. The molecule has 1 unspecified atom stereocenters. The Morgan fingerprint density at radius 2 is 2.33 bits per heavy atom. The van der Waals surface area contributed by atoms with Crippen LogP contribution in [-0.2, 0) is 4.74 Å². The Morgan fingerprint density at radius 3 is 3.07 bits per heavy atom. The Hall–Kier alpha value is -1.35. The fourth-order valence-electron chi connectivity index (χ4n) is 1.78. The molecule has 0 N–H and O–H groups in total. The van der Waals surface area contributed by atoms with Gasteiger partial charge in [-0.05, 0) is 19.1 Å². The SMILES string of the molecule is COCC1CC(=O)c2cc(C)ccc2O1. The monoisotopic (exact) mass is 206 g/mol. The number of hydrogen-bond acceptors (Lipinski definition) is 3. The lowest BCUT2D eigenvalue weighted by atomic mass is 9.99. The van der Waals surface area contributed by atoms with E-state index in [4.69, 9.17) is 9.47 Å². The highest BCUT2D eigenvalue weighted by atomic mass is 16.5. The maximum atomic E-state index is 11.8. The van der Waals surface area contributed by atoms with E-state index in [1.165, 1.54) is 0 Å². The first-order valence-corrected chi connectivity index (χ1v) is 5.00. The molecule has 3 nitrogen and oxygen atoms in total. The molecule has 0 spiro atoms. The van der Waals surface area contributed by atoms with E-state index in [0.717, 1.165) is 5.56 Å². The van der Waals surface area contributed by atoms with Crippen molar-refractivity contribution in [2.24, 2.45) is 0 Å². The first kappa shape index (κ1) is 10.2. The van der Waals surface area contributed by atoms with Gasteiger partial charge in [-0.15, -0.1) is 0 Å². The summed E-state index contributed by atoms with van der Waals surface area (Å²) in [7, 11) is 1.61. The third kappa shape index (κ3) is 2.02. The van der Waals surface area contributed by atoms with Gasteiger partial charge in [-0.25, -0.2) is 0 Å². The molecule has 0 fully saturated rings. The zero-order valence-electron chi connectivity index (χ0n) is 8.95. The Bertz CT molecular complexity index is 384. The largest absolute Gasteiger partial charge is 0.487 e. The van der Waals surface area contributed by atoms with E-state index >= 15 is 0 Å². The fourth-order valence-corrected chi connectivity index (χ4v) is 1.78. The fraction of sp³-hybridized carbons (Fsp3) is 0.417. The van der Waals surface area contributed by atoms with Crippen molar-refractivity contribution in [2.75, 3.05) is 13.7 Å². The average molecular weight is 206 g/mol. The van der Waals surface area contributed by atoms with Crippen LogP contribution in [0.3, 0.4) is 0 Å². The van der Waals surface area contributed by atoms with Crippen molar-refractivity contribution in [1.29, 1.82) is 0 Å². The molecular weight excluding hydrogens is 192 g/mol. The van der Waals surface area contributed by atoms with Crippen LogP contribution in [0, 0.1) is 6.92 Å². The Labute approximate surface area is 89.0 Å². The number of ketones is 1. The number of ether oxygens (including phenoxy) is 2. The average Bonchev–Trinajstić information content (AvgIpc) is 2.20. The Kier molecular flexibility index (Phi) is 2.73. The van der Waals surface area contributed by atoms with Crippen LogP contribution in [-0.4, -0.2) is 25.6 Å². The molecule has 0 saturated heterocycles. The maximum Gasteiger partial charge on any atom is 0.170 e. The van der Waals surface area contributed by atoms with Crippen molar-refractivity contribution < 1.29 is 14.3 Å². The highest BCUT2D eigenvalue weighted by Crippen LogP contribution is 2.28. The number of hydrogen-bond donors (Lipinski definition) is 0. The smallest absolute Gasteiger partial charge is 0.170 e. The normalized spacial score (nSPS) is 19.6. The number of aryl methyl sites for hydroxylation is 1. The summed E-state index contributed by atoms with van der Waals surface area (Å²) in [6, 6.07) is 5.67. The quantitative estimate of drug-likeness (QED) is 0.742. The van der Waals surface area contributed by atoms with Gasteiger partial charge >= 0.3 is 0 Å². The number of carbonyl (C=O) groups is 1. The van der Waals surface area contributed by atoms with Crippen LogP contribution in [0.1, 0.15) is 22.3 Å². The van der Waals surface area contributed by atoms with Crippen molar-refractivity contribution in [1.82, 2.24) is 0 Å². The molecular formula is C12H14O3.